The minimum atomic E-state index is 0.652. The first-order valence-corrected chi connectivity index (χ1v) is 8.26. The molecule has 0 radical (unpaired) electrons. The summed E-state index contributed by atoms with van der Waals surface area (Å²) in [6, 6.07) is 10.8. The fourth-order valence-corrected chi connectivity index (χ4v) is 3.97. The summed E-state index contributed by atoms with van der Waals surface area (Å²) < 4.78 is 1.18. The molecule has 0 saturated heterocycles. The first-order chi connectivity index (χ1) is 9.33. The Labute approximate surface area is 126 Å². The molecule has 2 N–H and O–H groups in total. The molecule has 0 bridgehead atoms. The van der Waals surface area contributed by atoms with Gasteiger partial charge in [0.1, 0.15) is 0 Å². The lowest BCUT2D eigenvalue weighted by Crippen LogP contribution is -2.17. The molecule has 19 heavy (non-hydrogen) atoms. The fraction of sp³-hybridized carbons (Fsp3) is 0.333. The molecule has 1 aliphatic rings. The number of benzene rings is 1. The highest BCUT2D eigenvalue weighted by molar-refractivity contribution is 9.10. The fourth-order valence-electron chi connectivity index (χ4n) is 2.55. The Hall–Kier alpha value is -0.840. The number of halogens is 1. The number of hydrogen-bond donors (Lipinski definition) is 2. The molecule has 1 aromatic heterocycles. The van der Waals surface area contributed by atoms with Crippen molar-refractivity contribution in [1.29, 1.82) is 0 Å². The van der Waals surface area contributed by atoms with Gasteiger partial charge in [0, 0.05) is 39.4 Å². The normalized spacial score (nSPS) is 17.2. The van der Waals surface area contributed by atoms with Crippen LogP contribution in [0.1, 0.15) is 22.8 Å². The molecule has 2 aromatic rings. The van der Waals surface area contributed by atoms with Crippen molar-refractivity contribution < 1.29 is 0 Å². The second kappa shape index (κ2) is 6.07. The monoisotopic (exact) mass is 336 g/mol. The van der Waals surface area contributed by atoms with Gasteiger partial charge in [-0.2, -0.15) is 0 Å². The summed E-state index contributed by atoms with van der Waals surface area (Å²) >= 11 is 5.29. The Bertz CT molecular complexity index is 553. The van der Waals surface area contributed by atoms with Crippen molar-refractivity contribution in [2.75, 3.05) is 18.4 Å². The smallest absolute Gasteiger partial charge is 0.0376 e. The number of hydrogen-bond acceptors (Lipinski definition) is 3. The highest BCUT2D eigenvalue weighted by Crippen LogP contribution is 2.32. The van der Waals surface area contributed by atoms with Crippen LogP contribution in [0.4, 0.5) is 5.69 Å². The number of nitrogens with one attached hydrogen (secondary N) is 2. The van der Waals surface area contributed by atoms with E-state index in [4.69, 9.17) is 0 Å². The second-order valence-corrected chi connectivity index (χ2v) is 6.77. The van der Waals surface area contributed by atoms with E-state index >= 15 is 0 Å². The SMILES string of the molecule is Brc1csc(CNCCC2CNc3ccccc32)c1. The molecule has 1 unspecified atom stereocenters. The van der Waals surface area contributed by atoms with Crippen LogP contribution in [0.2, 0.25) is 0 Å². The molecule has 4 heteroatoms. The average molecular weight is 337 g/mol. The molecule has 0 saturated carbocycles. The van der Waals surface area contributed by atoms with Crippen molar-refractivity contribution >= 4 is 33.0 Å². The van der Waals surface area contributed by atoms with Gasteiger partial charge in [0.25, 0.3) is 0 Å². The van der Waals surface area contributed by atoms with Gasteiger partial charge in [-0.05, 0) is 46.6 Å². The van der Waals surface area contributed by atoms with Crippen molar-refractivity contribution in [2.45, 2.75) is 18.9 Å². The number of rotatable bonds is 5. The predicted octanol–water partition coefficient (Wildman–Crippen LogP) is 4.20. The Morgan fingerprint density at radius 1 is 1.37 bits per heavy atom. The van der Waals surface area contributed by atoms with Gasteiger partial charge >= 0.3 is 0 Å². The molecule has 1 atom stereocenters. The molecule has 1 aromatic carbocycles. The summed E-state index contributed by atoms with van der Waals surface area (Å²) in [5.41, 5.74) is 2.79. The molecule has 2 nitrogen and oxygen atoms in total. The summed E-state index contributed by atoms with van der Waals surface area (Å²) in [5, 5.41) is 9.15. The third-order valence-electron chi connectivity index (χ3n) is 3.53. The first-order valence-electron chi connectivity index (χ1n) is 6.59. The van der Waals surface area contributed by atoms with E-state index in [0.717, 1.165) is 19.6 Å². The topological polar surface area (TPSA) is 24.1 Å². The Kier molecular flexibility index (Phi) is 4.21. The number of anilines is 1. The maximum absolute atomic E-state index is 3.53. The zero-order chi connectivity index (χ0) is 13.1. The zero-order valence-electron chi connectivity index (χ0n) is 10.7. The Morgan fingerprint density at radius 3 is 3.11 bits per heavy atom. The van der Waals surface area contributed by atoms with Crippen LogP contribution in [0, 0.1) is 0 Å². The molecular formula is C15H17BrN2S. The largest absolute Gasteiger partial charge is 0.384 e. The van der Waals surface area contributed by atoms with Crippen LogP contribution >= 0.6 is 27.3 Å². The van der Waals surface area contributed by atoms with Gasteiger partial charge in [-0.25, -0.2) is 0 Å². The van der Waals surface area contributed by atoms with Gasteiger partial charge in [-0.15, -0.1) is 11.3 Å². The van der Waals surface area contributed by atoms with Crippen molar-refractivity contribution in [3.05, 3.63) is 50.6 Å². The summed E-state index contributed by atoms with van der Waals surface area (Å²) in [6.07, 6.45) is 1.19. The highest BCUT2D eigenvalue weighted by Gasteiger charge is 2.20. The number of thiophene rings is 1. The minimum absolute atomic E-state index is 0.652. The maximum Gasteiger partial charge on any atom is 0.0376 e. The van der Waals surface area contributed by atoms with E-state index in [9.17, 15) is 0 Å². The van der Waals surface area contributed by atoms with E-state index < -0.39 is 0 Å². The number of para-hydroxylation sites is 1. The minimum Gasteiger partial charge on any atom is -0.384 e. The third kappa shape index (κ3) is 3.19. The summed E-state index contributed by atoms with van der Waals surface area (Å²) in [5.74, 6) is 0.652. The average Bonchev–Trinajstić information content (AvgIpc) is 3.02. The summed E-state index contributed by atoms with van der Waals surface area (Å²) in [7, 11) is 0. The van der Waals surface area contributed by atoms with Crippen LogP contribution in [0.15, 0.2) is 40.2 Å². The van der Waals surface area contributed by atoms with Crippen LogP contribution in [0.5, 0.6) is 0 Å². The van der Waals surface area contributed by atoms with Crippen molar-refractivity contribution in [2.24, 2.45) is 0 Å². The van der Waals surface area contributed by atoms with Crippen LogP contribution in [-0.2, 0) is 6.54 Å². The molecule has 0 aliphatic carbocycles. The molecule has 0 fully saturated rings. The van der Waals surface area contributed by atoms with Crippen LogP contribution in [-0.4, -0.2) is 13.1 Å². The first kappa shape index (κ1) is 13.2. The summed E-state index contributed by atoms with van der Waals surface area (Å²) in [4.78, 5) is 1.39. The van der Waals surface area contributed by atoms with E-state index in [1.807, 2.05) is 0 Å². The van der Waals surface area contributed by atoms with Gasteiger partial charge in [-0.1, -0.05) is 18.2 Å². The highest BCUT2D eigenvalue weighted by atomic mass is 79.9. The molecule has 0 amide bonds. The standard InChI is InChI=1S/C15H17BrN2S/c16-12-7-13(19-10-12)9-17-6-5-11-8-18-15-4-2-1-3-14(11)15/h1-4,7,10-11,17-18H,5-6,8-9H2. The Morgan fingerprint density at radius 2 is 2.26 bits per heavy atom. The molecule has 1 aliphatic heterocycles. The van der Waals surface area contributed by atoms with E-state index in [-0.39, 0.29) is 0 Å². The lowest BCUT2D eigenvalue weighted by molar-refractivity contribution is 0.595. The molecule has 0 spiro atoms. The van der Waals surface area contributed by atoms with E-state index in [0.29, 0.717) is 5.92 Å². The third-order valence-corrected chi connectivity index (χ3v) is 5.23. The Balaban J connectivity index is 1.46. The van der Waals surface area contributed by atoms with Crippen LogP contribution < -0.4 is 10.6 Å². The van der Waals surface area contributed by atoms with Gasteiger partial charge < -0.3 is 10.6 Å². The molecule has 100 valence electrons. The van der Waals surface area contributed by atoms with Gasteiger partial charge in [0.2, 0.25) is 0 Å². The van der Waals surface area contributed by atoms with Gasteiger partial charge in [0.15, 0.2) is 0 Å². The molecule has 2 heterocycles. The predicted molar refractivity (Wildman–Crippen MR) is 86.0 cm³/mol. The van der Waals surface area contributed by atoms with Crippen molar-refractivity contribution in [3.63, 3.8) is 0 Å². The quantitative estimate of drug-likeness (QED) is 0.799. The van der Waals surface area contributed by atoms with Crippen LogP contribution in [0.3, 0.4) is 0 Å². The molecule has 3 rings (SSSR count). The zero-order valence-corrected chi connectivity index (χ0v) is 13.1. The lowest BCUT2D eigenvalue weighted by atomic mass is 9.98. The van der Waals surface area contributed by atoms with E-state index in [2.05, 4.69) is 62.3 Å². The van der Waals surface area contributed by atoms with Crippen molar-refractivity contribution in [3.8, 4) is 0 Å². The van der Waals surface area contributed by atoms with Crippen LogP contribution in [0.25, 0.3) is 0 Å². The number of fused-ring (bicyclic) bond motifs is 1. The lowest BCUT2D eigenvalue weighted by Gasteiger charge is -2.10. The van der Waals surface area contributed by atoms with Crippen molar-refractivity contribution in [1.82, 2.24) is 5.32 Å². The second-order valence-electron chi connectivity index (χ2n) is 4.86. The van der Waals surface area contributed by atoms with E-state index in [1.54, 1.807) is 11.3 Å². The van der Waals surface area contributed by atoms with Gasteiger partial charge in [-0.3, -0.25) is 0 Å². The summed E-state index contributed by atoms with van der Waals surface area (Å²) in [6.45, 7) is 3.11. The molecular weight excluding hydrogens is 320 g/mol. The maximum atomic E-state index is 3.53. The van der Waals surface area contributed by atoms with E-state index in [1.165, 1.54) is 27.0 Å². The van der Waals surface area contributed by atoms with Gasteiger partial charge in [0.05, 0.1) is 0 Å².